The summed E-state index contributed by atoms with van der Waals surface area (Å²) in [6, 6.07) is 57.2. The predicted molar refractivity (Wildman–Crippen MR) is 222 cm³/mol. The fraction of sp³-hybridized carbons (Fsp3) is 0. The van der Waals surface area contributed by atoms with Crippen LogP contribution in [0.3, 0.4) is 0 Å². The lowest BCUT2D eigenvalue weighted by Gasteiger charge is -2.11. The van der Waals surface area contributed by atoms with Crippen LogP contribution in [0.2, 0.25) is 0 Å². The van der Waals surface area contributed by atoms with E-state index in [4.69, 9.17) is 19.9 Å². The van der Waals surface area contributed by atoms with Gasteiger partial charge in [-0.3, -0.25) is 0 Å². The summed E-state index contributed by atoms with van der Waals surface area (Å²) in [5.74, 6) is 1.91. The average Bonchev–Trinajstić information content (AvgIpc) is 3.93. The molecule has 0 fully saturated rings. The van der Waals surface area contributed by atoms with E-state index in [0.717, 1.165) is 43.9 Å². The standard InChI is InChI=1S/C46H27N5S2/c1-2-12-28(13-3-1)43-48-44(29-24-26-30(27-25-29)51-36-19-7-4-14-31(36)32-15-5-8-20-37(32)51)50-45(49-43)33-16-10-22-39-41(33)42-34(17-11-23-40(42)52-39)46-47-35-18-6-9-21-38(35)53-46/h1-27H. The van der Waals surface area contributed by atoms with E-state index in [-0.39, 0.29) is 0 Å². The number of para-hydroxylation sites is 3. The van der Waals surface area contributed by atoms with Crippen molar-refractivity contribution in [2.75, 3.05) is 0 Å². The average molecular weight is 714 g/mol. The van der Waals surface area contributed by atoms with Gasteiger partial charge in [-0.1, -0.05) is 103 Å². The number of thiophene rings is 1. The van der Waals surface area contributed by atoms with Gasteiger partial charge in [0.1, 0.15) is 5.01 Å². The van der Waals surface area contributed by atoms with Crippen LogP contribution in [0.4, 0.5) is 0 Å². The Balaban J connectivity index is 1.10. The maximum Gasteiger partial charge on any atom is 0.164 e. The third kappa shape index (κ3) is 4.89. The first kappa shape index (κ1) is 30.1. The van der Waals surface area contributed by atoms with Gasteiger partial charge in [0, 0.05) is 58.9 Å². The van der Waals surface area contributed by atoms with Crippen molar-refractivity contribution in [3.63, 3.8) is 0 Å². The maximum atomic E-state index is 5.23. The highest BCUT2D eigenvalue weighted by Crippen LogP contribution is 2.45. The van der Waals surface area contributed by atoms with E-state index in [0.29, 0.717) is 17.5 Å². The first-order chi connectivity index (χ1) is 26.3. The molecule has 0 aliphatic heterocycles. The number of nitrogens with zero attached hydrogens (tertiary/aromatic N) is 5. The van der Waals surface area contributed by atoms with Gasteiger partial charge < -0.3 is 4.57 Å². The van der Waals surface area contributed by atoms with E-state index in [1.165, 1.54) is 41.3 Å². The molecular formula is C46H27N5S2. The minimum atomic E-state index is 0.630. The SMILES string of the molecule is c1ccc(-c2nc(-c3ccc(-n4c5ccccc5c5ccccc54)cc3)nc(-c3cccc4sc5cccc(-c6nc7ccccc7s6)c5c34)n2)cc1. The molecule has 53 heavy (non-hydrogen) atoms. The van der Waals surface area contributed by atoms with Gasteiger partial charge in [0.25, 0.3) is 0 Å². The minimum Gasteiger partial charge on any atom is -0.309 e. The quantitative estimate of drug-likeness (QED) is 0.178. The Morgan fingerprint density at radius 1 is 0.377 bits per heavy atom. The second-order valence-electron chi connectivity index (χ2n) is 13.0. The van der Waals surface area contributed by atoms with E-state index >= 15 is 0 Å². The van der Waals surface area contributed by atoms with Crippen LogP contribution in [0, 0.1) is 0 Å². The largest absolute Gasteiger partial charge is 0.309 e. The number of thiazole rings is 1. The summed E-state index contributed by atoms with van der Waals surface area (Å²) in [5.41, 5.74) is 8.42. The Morgan fingerprint density at radius 2 is 0.925 bits per heavy atom. The summed E-state index contributed by atoms with van der Waals surface area (Å²) in [6.45, 7) is 0. The highest BCUT2D eigenvalue weighted by molar-refractivity contribution is 7.26. The molecule has 11 aromatic rings. The van der Waals surface area contributed by atoms with Gasteiger partial charge >= 0.3 is 0 Å². The topological polar surface area (TPSA) is 56.5 Å². The summed E-state index contributed by atoms with van der Waals surface area (Å²) >= 11 is 3.52. The van der Waals surface area contributed by atoms with Crippen LogP contribution in [0.1, 0.15) is 0 Å². The fourth-order valence-electron chi connectivity index (χ4n) is 7.52. The molecule has 0 saturated heterocycles. The number of fused-ring (bicyclic) bond motifs is 7. The molecule has 0 aliphatic rings. The van der Waals surface area contributed by atoms with Gasteiger partial charge in [0.15, 0.2) is 17.5 Å². The van der Waals surface area contributed by atoms with Gasteiger partial charge in [-0.15, -0.1) is 22.7 Å². The molecule has 11 rings (SSSR count). The Morgan fingerprint density at radius 3 is 1.62 bits per heavy atom. The smallest absolute Gasteiger partial charge is 0.164 e. The van der Waals surface area contributed by atoms with E-state index in [1.807, 2.05) is 24.3 Å². The van der Waals surface area contributed by atoms with Crippen molar-refractivity contribution in [3.05, 3.63) is 164 Å². The zero-order valence-electron chi connectivity index (χ0n) is 28.1. The lowest BCUT2D eigenvalue weighted by atomic mass is 10.0. The van der Waals surface area contributed by atoms with Gasteiger partial charge in [-0.25, -0.2) is 19.9 Å². The molecule has 4 heterocycles. The molecule has 7 aromatic carbocycles. The summed E-state index contributed by atoms with van der Waals surface area (Å²) in [5, 5.41) is 5.81. The first-order valence-electron chi connectivity index (χ1n) is 17.5. The van der Waals surface area contributed by atoms with Crippen LogP contribution >= 0.6 is 22.7 Å². The predicted octanol–water partition coefficient (Wildman–Crippen LogP) is 12.6. The summed E-state index contributed by atoms with van der Waals surface area (Å²) in [7, 11) is 0. The molecule has 0 N–H and O–H groups in total. The Labute approximate surface area is 312 Å². The second kappa shape index (κ2) is 12.0. The van der Waals surface area contributed by atoms with Gasteiger partial charge in [0.05, 0.1) is 21.3 Å². The maximum absolute atomic E-state index is 5.23. The van der Waals surface area contributed by atoms with E-state index in [2.05, 4.69) is 144 Å². The van der Waals surface area contributed by atoms with Crippen LogP contribution in [0.5, 0.6) is 0 Å². The number of hydrogen-bond donors (Lipinski definition) is 0. The van der Waals surface area contributed by atoms with Crippen molar-refractivity contribution in [3.8, 4) is 50.4 Å². The summed E-state index contributed by atoms with van der Waals surface area (Å²) in [6.07, 6.45) is 0. The van der Waals surface area contributed by atoms with Crippen molar-refractivity contribution in [1.82, 2.24) is 24.5 Å². The van der Waals surface area contributed by atoms with Crippen molar-refractivity contribution in [2.45, 2.75) is 0 Å². The lowest BCUT2D eigenvalue weighted by molar-refractivity contribution is 1.07. The second-order valence-corrected chi connectivity index (χ2v) is 15.1. The molecule has 0 atom stereocenters. The molecule has 0 saturated carbocycles. The molecular weight excluding hydrogens is 687 g/mol. The molecule has 0 spiro atoms. The van der Waals surface area contributed by atoms with Crippen LogP contribution in [0.25, 0.3) is 103 Å². The third-order valence-corrected chi connectivity index (χ3v) is 12.1. The Kier molecular flexibility index (Phi) is 6.83. The van der Waals surface area contributed by atoms with Crippen molar-refractivity contribution >= 4 is 74.9 Å². The van der Waals surface area contributed by atoms with Gasteiger partial charge in [0.2, 0.25) is 0 Å². The molecule has 0 bridgehead atoms. The summed E-state index contributed by atoms with van der Waals surface area (Å²) in [4.78, 5) is 20.5. The van der Waals surface area contributed by atoms with Crippen LogP contribution in [-0.4, -0.2) is 24.5 Å². The number of aromatic nitrogens is 5. The van der Waals surface area contributed by atoms with Crippen LogP contribution < -0.4 is 0 Å². The Bertz CT molecular complexity index is 3090. The minimum absolute atomic E-state index is 0.630. The van der Waals surface area contributed by atoms with Crippen LogP contribution in [-0.2, 0) is 0 Å². The molecule has 7 heteroatoms. The van der Waals surface area contributed by atoms with Crippen LogP contribution in [0.15, 0.2) is 164 Å². The van der Waals surface area contributed by atoms with Crippen molar-refractivity contribution < 1.29 is 0 Å². The highest BCUT2D eigenvalue weighted by Gasteiger charge is 2.20. The monoisotopic (exact) mass is 713 g/mol. The highest BCUT2D eigenvalue weighted by atomic mass is 32.1. The number of benzene rings is 7. The van der Waals surface area contributed by atoms with Crippen molar-refractivity contribution in [1.29, 1.82) is 0 Å². The van der Waals surface area contributed by atoms with Crippen molar-refractivity contribution in [2.24, 2.45) is 0 Å². The number of rotatable bonds is 5. The molecule has 0 unspecified atom stereocenters. The van der Waals surface area contributed by atoms with E-state index in [1.54, 1.807) is 22.7 Å². The molecule has 248 valence electrons. The first-order valence-corrected chi connectivity index (χ1v) is 19.1. The summed E-state index contributed by atoms with van der Waals surface area (Å²) < 4.78 is 5.90. The molecule has 0 aliphatic carbocycles. The van der Waals surface area contributed by atoms with E-state index < -0.39 is 0 Å². The number of hydrogen-bond acceptors (Lipinski definition) is 6. The normalized spacial score (nSPS) is 11.8. The third-order valence-electron chi connectivity index (χ3n) is 9.92. The van der Waals surface area contributed by atoms with Gasteiger partial charge in [-0.2, -0.15) is 0 Å². The molecule has 5 nitrogen and oxygen atoms in total. The van der Waals surface area contributed by atoms with E-state index in [9.17, 15) is 0 Å². The Hall–Kier alpha value is -6.54. The molecule has 0 amide bonds. The zero-order chi connectivity index (χ0) is 34.9. The lowest BCUT2D eigenvalue weighted by Crippen LogP contribution is -2.01. The fourth-order valence-corrected chi connectivity index (χ4v) is 9.68. The molecule has 4 aromatic heterocycles. The molecule has 0 radical (unpaired) electrons. The van der Waals surface area contributed by atoms with Gasteiger partial charge in [-0.05, 0) is 60.7 Å². The zero-order valence-corrected chi connectivity index (χ0v) is 29.8.